The van der Waals surface area contributed by atoms with Crippen LogP contribution in [0, 0.1) is 0 Å². The number of hydrogen-bond acceptors (Lipinski definition) is 5. The van der Waals surface area contributed by atoms with Crippen LogP contribution in [0.15, 0.2) is 12.2 Å². The molecule has 0 spiro atoms. The van der Waals surface area contributed by atoms with E-state index in [2.05, 4.69) is 6.58 Å². The summed E-state index contributed by atoms with van der Waals surface area (Å²) in [5, 5.41) is 26.3. The molecule has 25 heavy (non-hydrogen) atoms. The van der Waals surface area contributed by atoms with Gasteiger partial charge in [0.1, 0.15) is 12.7 Å². The zero-order valence-electron chi connectivity index (χ0n) is 15.3. The number of carbonyl (C=O) groups excluding carboxylic acids is 1. The zero-order valence-corrected chi connectivity index (χ0v) is 15.3. The number of hydrogen-bond donors (Lipinski definition) is 3. The van der Waals surface area contributed by atoms with Crippen molar-refractivity contribution in [3.05, 3.63) is 12.2 Å². The summed E-state index contributed by atoms with van der Waals surface area (Å²) in [6.07, 6.45) is 10.5. The van der Waals surface area contributed by atoms with E-state index in [4.69, 9.17) is 20.1 Å². The predicted octanol–water partition coefficient (Wildman–Crippen LogP) is 3.20. The minimum absolute atomic E-state index is 0.204. The topological polar surface area (TPSA) is 104 Å². The first kappa shape index (κ1) is 23.6. The zero-order chi connectivity index (χ0) is 18.9. The standard InChI is InChI=1S/C19H34O6/c1-16(19(24)25-15-17(21)14-20)12-10-8-6-4-2-3-5-7-9-11-13-18(22)23/h17,20-21H,1-15H2,(H,22,23). The number of aliphatic carboxylic acids is 1. The molecule has 6 nitrogen and oxygen atoms in total. The van der Waals surface area contributed by atoms with Crippen LogP contribution in [0.4, 0.5) is 0 Å². The largest absolute Gasteiger partial charge is 0.481 e. The number of esters is 1. The van der Waals surface area contributed by atoms with Crippen molar-refractivity contribution in [3.8, 4) is 0 Å². The molecule has 0 aromatic heterocycles. The summed E-state index contributed by atoms with van der Waals surface area (Å²) in [4.78, 5) is 21.9. The maximum absolute atomic E-state index is 11.6. The van der Waals surface area contributed by atoms with Crippen molar-refractivity contribution in [1.82, 2.24) is 0 Å². The Morgan fingerprint density at radius 3 is 1.72 bits per heavy atom. The summed E-state index contributed by atoms with van der Waals surface area (Å²) < 4.78 is 4.84. The van der Waals surface area contributed by atoms with Crippen LogP contribution in [0.3, 0.4) is 0 Å². The van der Waals surface area contributed by atoms with Crippen molar-refractivity contribution in [1.29, 1.82) is 0 Å². The predicted molar refractivity (Wildman–Crippen MR) is 96.2 cm³/mol. The minimum Gasteiger partial charge on any atom is -0.481 e. The Morgan fingerprint density at radius 1 is 0.840 bits per heavy atom. The van der Waals surface area contributed by atoms with Gasteiger partial charge in [-0.25, -0.2) is 4.79 Å². The van der Waals surface area contributed by atoms with E-state index in [0.29, 0.717) is 12.0 Å². The first-order chi connectivity index (χ1) is 12.0. The van der Waals surface area contributed by atoms with E-state index in [0.717, 1.165) is 38.5 Å². The summed E-state index contributed by atoms with van der Waals surface area (Å²) in [7, 11) is 0. The molecule has 0 amide bonds. The van der Waals surface area contributed by atoms with Crippen LogP contribution in [-0.2, 0) is 14.3 Å². The van der Waals surface area contributed by atoms with Crippen LogP contribution in [0.5, 0.6) is 0 Å². The molecule has 1 unspecified atom stereocenters. The molecule has 3 N–H and O–H groups in total. The van der Waals surface area contributed by atoms with E-state index in [1.807, 2.05) is 0 Å². The van der Waals surface area contributed by atoms with Crippen LogP contribution in [0.25, 0.3) is 0 Å². The van der Waals surface area contributed by atoms with Crippen LogP contribution in [0.1, 0.15) is 77.0 Å². The van der Waals surface area contributed by atoms with Gasteiger partial charge in [0.25, 0.3) is 0 Å². The third-order valence-electron chi connectivity index (χ3n) is 4.03. The Kier molecular flexibility index (Phi) is 15.2. The fraction of sp³-hybridized carbons (Fsp3) is 0.789. The lowest BCUT2D eigenvalue weighted by Gasteiger charge is -2.10. The molecule has 0 bridgehead atoms. The van der Waals surface area contributed by atoms with Crippen molar-refractivity contribution in [3.63, 3.8) is 0 Å². The molecule has 146 valence electrons. The van der Waals surface area contributed by atoms with Crippen molar-refractivity contribution in [2.45, 2.75) is 83.2 Å². The Balaban J connectivity index is 3.36. The Morgan fingerprint density at radius 2 is 1.28 bits per heavy atom. The quantitative estimate of drug-likeness (QED) is 0.209. The number of ether oxygens (including phenoxy) is 1. The number of aliphatic hydroxyl groups excluding tert-OH is 2. The van der Waals surface area contributed by atoms with Gasteiger partial charge < -0.3 is 20.1 Å². The molecule has 0 aromatic carbocycles. The Labute approximate surface area is 150 Å². The van der Waals surface area contributed by atoms with Gasteiger partial charge in [0.2, 0.25) is 0 Å². The van der Waals surface area contributed by atoms with Gasteiger partial charge in [-0.2, -0.15) is 0 Å². The number of rotatable bonds is 17. The maximum Gasteiger partial charge on any atom is 0.333 e. The maximum atomic E-state index is 11.6. The summed E-state index contributed by atoms with van der Waals surface area (Å²) >= 11 is 0. The molecule has 1 atom stereocenters. The molecule has 0 heterocycles. The number of carboxylic acids is 1. The molecule has 0 saturated carbocycles. The second-order valence-electron chi connectivity index (χ2n) is 6.47. The van der Waals surface area contributed by atoms with Crippen molar-refractivity contribution in [2.75, 3.05) is 13.2 Å². The molecule has 6 heteroatoms. The van der Waals surface area contributed by atoms with Gasteiger partial charge in [-0.15, -0.1) is 0 Å². The first-order valence-corrected chi connectivity index (χ1v) is 9.33. The van der Waals surface area contributed by atoms with Gasteiger partial charge in [0, 0.05) is 12.0 Å². The normalized spacial score (nSPS) is 11.9. The summed E-state index contributed by atoms with van der Waals surface area (Å²) in [6.45, 7) is 3.06. The van der Waals surface area contributed by atoms with Gasteiger partial charge in [-0.3, -0.25) is 4.79 Å². The minimum atomic E-state index is -1.03. The first-order valence-electron chi connectivity index (χ1n) is 9.33. The lowest BCUT2D eigenvalue weighted by Crippen LogP contribution is -2.22. The average molecular weight is 358 g/mol. The Bertz CT molecular complexity index is 380. The SMILES string of the molecule is C=C(CCCCCCCCCCCCC(=O)O)C(=O)OCC(O)CO. The molecular weight excluding hydrogens is 324 g/mol. The molecule has 0 aliphatic heterocycles. The molecular formula is C19H34O6. The third-order valence-corrected chi connectivity index (χ3v) is 4.03. The van der Waals surface area contributed by atoms with E-state index in [9.17, 15) is 9.59 Å². The molecule has 0 aliphatic carbocycles. The van der Waals surface area contributed by atoms with Crippen LogP contribution >= 0.6 is 0 Å². The second-order valence-corrected chi connectivity index (χ2v) is 6.47. The van der Waals surface area contributed by atoms with E-state index in [-0.39, 0.29) is 13.0 Å². The highest BCUT2D eigenvalue weighted by molar-refractivity contribution is 5.87. The van der Waals surface area contributed by atoms with E-state index in [1.165, 1.54) is 25.7 Å². The lowest BCUT2D eigenvalue weighted by atomic mass is 10.0. The monoisotopic (exact) mass is 358 g/mol. The molecule has 0 saturated heterocycles. The summed E-state index contributed by atoms with van der Waals surface area (Å²) in [5.41, 5.74) is 0.409. The molecule has 0 radical (unpaired) electrons. The Hall–Kier alpha value is -1.40. The lowest BCUT2D eigenvalue weighted by molar-refractivity contribution is -0.142. The molecule has 0 aromatic rings. The van der Waals surface area contributed by atoms with E-state index >= 15 is 0 Å². The summed E-state index contributed by atoms with van der Waals surface area (Å²) in [6, 6.07) is 0. The number of carbonyl (C=O) groups is 2. The van der Waals surface area contributed by atoms with Gasteiger partial charge >= 0.3 is 11.9 Å². The van der Waals surface area contributed by atoms with Gasteiger partial charge in [-0.05, 0) is 19.3 Å². The van der Waals surface area contributed by atoms with Gasteiger partial charge in [0.15, 0.2) is 0 Å². The van der Waals surface area contributed by atoms with Crippen LogP contribution in [0.2, 0.25) is 0 Å². The third kappa shape index (κ3) is 15.8. The smallest absolute Gasteiger partial charge is 0.333 e. The van der Waals surface area contributed by atoms with Crippen LogP contribution in [-0.4, -0.2) is 46.6 Å². The van der Waals surface area contributed by atoms with E-state index < -0.39 is 24.6 Å². The van der Waals surface area contributed by atoms with Crippen molar-refractivity contribution < 1.29 is 29.6 Å². The molecule has 0 aliphatic rings. The summed E-state index contributed by atoms with van der Waals surface area (Å²) in [5.74, 6) is -1.21. The molecule has 0 fully saturated rings. The number of aliphatic hydroxyl groups is 2. The van der Waals surface area contributed by atoms with E-state index in [1.54, 1.807) is 0 Å². The average Bonchev–Trinajstić information content (AvgIpc) is 2.59. The number of unbranched alkanes of at least 4 members (excludes halogenated alkanes) is 9. The van der Waals surface area contributed by atoms with Gasteiger partial charge in [0.05, 0.1) is 6.61 Å². The highest BCUT2D eigenvalue weighted by Crippen LogP contribution is 2.14. The molecule has 0 rings (SSSR count). The fourth-order valence-corrected chi connectivity index (χ4v) is 2.46. The second kappa shape index (κ2) is 16.1. The number of carboxylic acid groups (broad SMARTS) is 1. The highest BCUT2D eigenvalue weighted by Gasteiger charge is 2.11. The fourth-order valence-electron chi connectivity index (χ4n) is 2.46. The van der Waals surface area contributed by atoms with Crippen LogP contribution < -0.4 is 0 Å². The van der Waals surface area contributed by atoms with Crippen molar-refractivity contribution >= 4 is 11.9 Å². The van der Waals surface area contributed by atoms with Crippen molar-refractivity contribution in [2.24, 2.45) is 0 Å². The van der Waals surface area contributed by atoms with Gasteiger partial charge in [-0.1, -0.05) is 57.9 Å². The highest BCUT2D eigenvalue weighted by atomic mass is 16.5.